The van der Waals surface area contributed by atoms with Gasteiger partial charge in [-0.1, -0.05) is 144 Å². The summed E-state index contributed by atoms with van der Waals surface area (Å²) in [6.45, 7) is 9.01. The Bertz CT molecular complexity index is 1940. The summed E-state index contributed by atoms with van der Waals surface area (Å²) in [6.07, 6.45) is 9.81. The van der Waals surface area contributed by atoms with Crippen LogP contribution in [0.3, 0.4) is 0 Å². The van der Waals surface area contributed by atoms with Crippen LogP contribution in [0, 0.1) is 27.7 Å². The number of hydrogen-bond acceptors (Lipinski definition) is 0. The third-order valence-corrected chi connectivity index (χ3v) is 15.7. The van der Waals surface area contributed by atoms with E-state index in [2.05, 4.69) is 149 Å². The van der Waals surface area contributed by atoms with Crippen LogP contribution in [0.2, 0.25) is 0 Å². The van der Waals surface area contributed by atoms with Crippen molar-refractivity contribution < 1.29 is 0 Å². The van der Waals surface area contributed by atoms with Crippen molar-refractivity contribution in [1.29, 1.82) is 0 Å². The Labute approximate surface area is 302 Å². The summed E-state index contributed by atoms with van der Waals surface area (Å²) in [4.78, 5) is 0. The molecule has 0 atom stereocenters. The molecule has 0 saturated heterocycles. The molecule has 0 fully saturated rings. The maximum Gasteiger partial charge on any atom is -0.00559 e. The van der Waals surface area contributed by atoms with E-state index in [0.29, 0.717) is 0 Å². The quantitative estimate of drug-likeness (QED) is 0.147. The summed E-state index contributed by atoms with van der Waals surface area (Å²) in [5.41, 5.74) is 14.9. The van der Waals surface area contributed by atoms with Gasteiger partial charge in [-0.15, -0.1) is 0 Å². The normalized spacial score (nSPS) is 14.1. The number of fused-ring (bicyclic) bond motifs is 2. The number of hydrogen-bond donors (Lipinski definition) is 0. The molecular weight excluding hydrogens is 638 g/mol. The minimum atomic E-state index is -0.795. The lowest BCUT2D eigenvalue weighted by atomic mass is 9.81. The smallest absolute Gasteiger partial charge is 0.00559 e. The van der Waals surface area contributed by atoms with Gasteiger partial charge in [-0.05, 0) is 160 Å². The molecule has 2 aliphatic carbocycles. The van der Waals surface area contributed by atoms with Gasteiger partial charge in [-0.2, -0.15) is 0 Å². The molecular formula is C48H48P2. The molecule has 6 aromatic carbocycles. The van der Waals surface area contributed by atoms with Crippen molar-refractivity contribution in [3.05, 3.63) is 166 Å². The highest BCUT2D eigenvalue weighted by Gasteiger charge is 2.32. The molecule has 0 nitrogen and oxygen atoms in total. The molecule has 0 N–H and O–H groups in total. The summed E-state index contributed by atoms with van der Waals surface area (Å²) in [5.74, 6) is 0. The van der Waals surface area contributed by atoms with E-state index < -0.39 is 15.8 Å². The minimum Gasteiger partial charge on any atom is -0.0613 e. The third kappa shape index (κ3) is 6.55. The fourth-order valence-corrected chi connectivity index (χ4v) is 13.9. The standard InChI is InChI=1S/C48H48P2/c1-33-13-9-19-39(29-33)49(40-20-10-14-34(2)30-40)45-27-25-37-17-5-7-23-43(37)47(45)48-44-24-8-6-18-38(44)26-28-46(48)50(41-21-11-15-35(3)31-41)42-22-12-16-36(4)32-42/h9-16,19-22,25-32H,5-8,17-18,23-24H2,1-4H3. The van der Waals surface area contributed by atoms with Crippen molar-refractivity contribution in [1.82, 2.24) is 0 Å². The van der Waals surface area contributed by atoms with Crippen LogP contribution in [0.15, 0.2) is 121 Å². The molecule has 2 aliphatic rings. The summed E-state index contributed by atoms with van der Waals surface area (Å²) in [7, 11) is -1.59. The monoisotopic (exact) mass is 686 g/mol. The van der Waals surface area contributed by atoms with E-state index in [-0.39, 0.29) is 0 Å². The van der Waals surface area contributed by atoms with Gasteiger partial charge in [0.05, 0.1) is 0 Å². The fourth-order valence-electron chi connectivity index (χ4n) is 8.48. The van der Waals surface area contributed by atoms with E-state index in [9.17, 15) is 0 Å². The van der Waals surface area contributed by atoms with Gasteiger partial charge in [0.25, 0.3) is 0 Å². The van der Waals surface area contributed by atoms with Crippen molar-refractivity contribution in [2.24, 2.45) is 0 Å². The molecule has 8 rings (SSSR count). The van der Waals surface area contributed by atoms with Gasteiger partial charge in [0, 0.05) is 0 Å². The lowest BCUT2D eigenvalue weighted by Crippen LogP contribution is -2.29. The second kappa shape index (κ2) is 14.4. The topological polar surface area (TPSA) is 0 Å². The predicted octanol–water partition coefficient (Wildman–Crippen LogP) is 9.86. The van der Waals surface area contributed by atoms with E-state index in [1.807, 2.05) is 0 Å². The fraction of sp³-hybridized carbons (Fsp3) is 0.250. The Morgan fingerprint density at radius 3 is 1.00 bits per heavy atom. The van der Waals surface area contributed by atoms with Crippen molar-refractivity contribution in [2.75, 3.05) is 0 Å². The maximum absolute atomic E-state index is 2.57. The van der Waals surface area contributed by atoms with E-state index in [1.165, 1.54) is 94.8 Å². The lowest BCUT2D eigenvalue weighted by Gasteiger charge is -2.33. The second-order valence-corrected chi connectivity index (χ2v) is 19.0. The molecule has 0 amide bonds. The molecule has 0 bridgehead atoms. The first-order chi connectivity index (χ1) is 24.4. The zero-order valence-electron chi connectivity index (χ0n) is 30.1. The van der Waals surface area contributed by atoms with Crippen molar-refractivity contribution in [2.45, 2.75) is 79.1 Å². The van der Waals surface area contributed by atoms with E-state index in [0.717, 1.165) is 0 Å². The zero-order valence-corrected chi connectivity index (χ0v) is 31.9. The SMILES string of the molecule is Cc1cccc(P(c2cccc(C)c2)c2ccc3c(c2-c2c(P(c4cccc(C)c4)c4cccc(C)c4)ccc4c2CCCC4)CCCC3)c1. The molecule has 50 heavy (non-hydrogen) atoms. The van der Waals surface area contributed by atoms with Crippen LogP contribution in [-0.4, -0.2) is 0 Å². The van der Waals surface area contributed by atoms with Crippen LogP contribution < -0.4 is 31.8 Å². The van der Waals surface area contributed by atoms with Gasteiger partial charge in [0.2, 0.25) is 0 Å². The zero-order chi connectivity index (χ0) is 34.2. The van der Waals surface area contributed by atoms with Crippen LogP contribution in [0.1, 0.15) is 70.2 Å². The first-order valence-corrected chi connectivity index (χ1v) is 21.3. The average Bonchev–Trinajstić information content (AvgIpc) is 3.12. The molecule has 0 heterocycles. The summed E-state index contributed by atoms with van der Waals surface area (Å²) in [6, 6.07) is 47.8. The predicted molar refractivity (Wildman–Crippen MR) is 222 cm³/mol. The van der Waals surface area contributed by atoms with Crippen LogP contribution in [0.4, 0.5) is 0 Å². The highest BCUT2D eigenvalue weighted by atomic mass is 31.1. The third-order valence-electron chi connectivity index (χ3n) is 10.8. The summed E-state index contributed by atoms with van der Waals surface area (Å²) in [5, 5.41) is 8.89. The van der Waals surface area contributed by atoms with Gasteiger partial charge in [-0.25, -0.2) is 0 Å². The maximum atomic E-state index is 2.57. The second-order valence-electron chi connectivity index (χ2n) is 14.6. The molecule has 0 aliphatic heterocycles. The Morgan fingerprint density at radius 2 is 0.680 bits per heavy atom. The Morgan fingerprint density at radius 1 is 0.360 bits per heavy atom. The summed E-state index contributed by atoms with van der Waals surface area (Å²) >= 11 is 0. The van der Waals surface area contributed by atoms with Crippen molar-refractivity contribution in [3.63, 3.8) is 0 Å². The first kappa shape index (κ1) is 33.3. The number of benzene rings is 6. The Hall–Kier alpha value is -3.82. The Balaban J connectivity index is 1.49. The molecule has 0 unspecified atom stereocenters. The number of rotatable bonds is 7. The van der Waals surface area contributed by atoms with Crippen LogP contribution in [0.25, 0.3) is 11.1 Å². The average molecular weight is 687 g/mol. The highest BCUT2D eigenvalue weighted by Crippen LogP contribution is 2.47. The molecule has 2 heteroatoms. The van der Waals surface area contributed by atoms with Crippen molar-refractivity contribution in [3.8, 4) is 11.1 Å². The lowest BCUT2D eigenvalue weighted by molar-refractivity contribution is 0.682. The van der Waals surface area contributed by atoms with E-state index in [4.69, 9.17) is 0 Å². The van der Waals surface area contributed by atoms with E-state index in [1.54, 1.807) is 44.0 Å². The van der Waals surface area contributed by atoms with Crippen LogP contribution >= 0.6 is 15.8 Å². The van der Waals surface area contributed by atoms with Gasteiger partial charge >= 0.3 is 0 Å². The molecule has 0 radical (unpaired) electrons. The molecule has 6 aromatic rings. The van der Waals surface area contributed by atoms with Crippen LogP contribution in [-0.2, 0) is 25.7 Å². The Kier molecular flexibility index (Phi) is 9.62. The first-order valence-electron chi connectivity index (χ1n) is 18.6. The van der Waals surface area contributed by atoms with Gasteiger partial charge < -0.3 is 0 Å². The van der Waals surface area contributed by atoms with Gasteiger partial charge in [0.15, 0.2) is 0 Å². The van der Waals surface area contributed by atoms with E-state index >= 15 is 0 Å². The summed E-state index contributed by atoms with van der Waals surface area (Å²) < 4.78 is 0. The highest BCUT2D eigenvalue weighted by molar-refractivity contribution is 7.80. The molecule has 0 spiro atoms. The van der Waals surface area contributed by atoms with Crippen molar-refractivity contribution >= 4 is 47.7 Å². The largest absolute Gasteiger partial charge is 0.0613 e. The van der Waals surface area contributed by atoms with Crippen LogP contribution in [0.5, 0.6) is 0 Å². The molecule has 0 saturated carbocycles. The van der Waals surface area contributed by atoms with Gasteiger partial charge in [0.1, 0.15) is 0 Å². The molecule has 0 aromatic heterocycles. The minimum absolute atomic E-state index is 0.795. The molecule has 250 valence electrons. The van der Waals surface area contributed by atoms with Gasteiger partial charge in [-0.3, -0.25) is 0 Å². The number of aryl methyl sites for hydroxylation is 6.